The molecule has 1 atom stereocenters. The van der Waals surface area contributed by atoms with Gasteiger partial charge in [-0.15, -0.1) is 0 Å². The van der Waals surface area contributed by atoms with Gasteiger partial charge >= 0.3 is 0 Å². The molecule has 2 N–H and O–H groups in total. The maximum Gasteiger partial charge on any atom is 0.0303 e. The summed E-state index contributed by atoms with van der Waals surface area (Å²) in [6.45, 7) is 2.14. The second-order valence-electron chi connectivity index (χ2n) is 5.44. The van der Waals surface area contributed by atoms with E-state index in [0.717, 1.165) is 6.42 Å². The predicted molar refractivity (Wildman–Crippen MR) is 86.3 cm³/mol. The molecule has 1 aliphatic rings. The van der Waals surface area contributed by atoms with Crippen LogP contribution in [0.2, 0.25) is 0 Å². The zero-order valence-electron chi connectivity index (χ0n) is 11.9. The van der Waals surface area contributed by atoms with Gasteiger partial charge in [0, 0.05) is 15.8 Å². The van der Waals surface area contributed by atoms with Crippen LogP contribution in [-0.4, -0.2) is 0 Å². The molecule has 0 fully saturated rings. The van der Waals surface area contributed by atoms with Crippen LogP contribution in [0.1, 0.15) is 42.5 Å². The third-order valence-electron chi connectivity index (χ3n) is 4.06. The van der Waals surface area contributed by atoms with Crippen molar-refractivity contribution in [3.8, 4) is 0 Å². The van der Waals surface area contributed by atoms with E-state index >= 15 is 0 Å². The minimum atomic E-state index is 0.133. The van der Waals surface area contributed by atoms with E-state index < -0.39 is 0 Å². The van der Waals surface area contributed by atoms with E-state index in [9.17, 15) is 0 Å². The summed E-state index contributed by atoms with van der Waals surface area (Å²) >= 11 is 1.84. The van der Waals surface area contributed by atoms with Gasteiger partial charge < -0.3 is 5.73 Å². The number of aryl methyl sites for hydroxylation is 2. The summed E-state index contributed by atoms with van der Waals surface area (Å²) in [7, 11) is 0. The summed E-state index contributed by atoms with van der Waals surface area (Å²) in [5, 5.41) is 0. The SMILES string of the molecule is CC[C@H](N)c1ccccc1Sc1ccc2c(c1)CCC2. The first-order valence-electron chi connectivity index (χ1n) is 7.42. The number of fused-ring (bicyclic) bond motifs is 1. The topological polar surface area (TPSA) is 26.0 Å². The van der Waals surface area contributed by atoms with Crippen LogP contribution in [-0.2, 0) is 12.8 Å². The Morgan fingerprint density at radius 3 is 2.75 bits per heavy atom. The molecule has 0 radical (unpaired) electrons. The molecule has 0 aliphatic heterocycles. The number of rotatable bonds is 4. The van der Waals surface area contributed by atoms with Crippen molar-refractivity contribution in [1.82, 2.24) is 0 Å². The molecular weight excluding hydrogens is 262 g/mol. The van der Waals surface area contributed by atoms with Gasteiger partial charge in [-0.05, 0) is 60.6 Å². The van der Waals surface area contributed by atoms with Crippen LogP contribution in [0.15, 0.2) is 52.3 Å². The van der Waals surface area contributed by atoms with Gasteiger partial charge in [-0.3, -0.25) is 0 Å². The van der Waals surface area contributed by atoms with Crippen molar-refractivity contribution in [3.05, 3.63) is 59.2 Å². The van der Waals surface area contributed by atoms with E-state index in [1.54, 1.807) is 0 Å². The van der Waals surface area contributed by atoms with Crippen molar-refractivity contribution in [1.29, 1.82) is 0 Å². The highest BCUT2D eigenvalue weighted by molar-refractivity contribution is 7.99. The first-order valence-corrected chi connectivity index (χ1v) is 8.23. The lowest BCUT2D eigenvalue weighted by Crippen LogP contribution is -2.09. The Kier molecular flexibility index (Phi) is 4.13. The normalized spacial score (nSPS) is 15.1. The molecule has 0 spiro atoms. The van der Waals surface area contributed by atoms with Crippen LogP contribution in [0.5, 0.6) is 0 Å². The first-order chi connectivity index (χ1) is 9.78. The third kappa shape index (κ3) is 2.77. The predicted octanol–water partition coefficient (Wildman–Crippen LogP) is 4.74. The summed E-state index contributed by atoms with van der Waals surface area (Å²) in [5.74, 6) is 0. The average Bonchev–Trinajstić information content (AvgIpc) is 2.94. The summed E-state index contributed by atoms with van der Waals surface area (Å²) in [6.07, 6.45) is 4.76. The van der Waals surface area contributed by atoms with Crippen molar-refractivity contribution >= 4 is 11.8 Å². The third-order valence-corrected chi connectivity index (χ3v) is 5.14. The quantitative estimate of drug-likeness (QED) is 0.877. The van der Waals surface area contributed by atoms with Crippen molar-refractivity contribution in [2.45, 2.75) is 48.4 Å². The van der Waals surface area contributed by atoms with E-state index in [1.807, 2.05) is 11.8 Å². The van der Waals surface area contributed by atoms with Gasteiger partial charge in [-0.2, -0.15) is 0 Å². The van der Waals surface area contributed by atoms with Crippen LogP contribution in [0.3, 0.4) is 0 Å². The van der Waals surface area contributed by atoms with Gasteiger partial charge in [-0.1, -0.05) is 43.0 Å². The Balaban J connectivity index is 1.88. The second kappa shape index (κ2) is 6.02. The molecule has 0 amide bonds. The summed E-state index contributed by atoms with van der Waals surface area (Å²) in [4.78, 5) is 2.63. The maximum atomic E-state index is 6.23. The van der Waals surface area contributed by atoms with Crippen LogP contribution in [0, 0.1) is 0 Å². The van der Waals surface area contributed by atoms with Gasteiger partial charge in [0.2, 0.25) is 0 Å². The van der Waals surface area contributed by atoms with Crippen molar-refractivity contribution in [2.75, 3.05) is 0 Å². The lowest BCUT2D eigenvalue weighted by molar-refractivity contribution is 0.685. The van der Waals surface area contributed by atoms with E-state index in [0.29, 0.717) is 0 Å². The van der Waals surface area contributed by atoms with Crippen LogP contribution in [0.25, 0.3) is 0 Å². The monoisotopic (exact) mass is 283 g/mol. The Morgan fingerprint density at radius 1 is 1.10 bits per heavy atom. The summed E-state index contributed by atoms with van der Waals surface area (Å²) in [5.41, 5.74) is 10.6. The molecule has 20 heavy (non-hydrogen) atoms. The van der Waals surface area contributed by atoms with Gasteiger partial charge in [-0.25, -0.2) is 0 Å². The smallest absolute Gasteiger partial charge is 0.0303 e. The molecule has 2 aromatic rings. The van der Waals surface area contributed by atoms with E-state index in [4.69, 9.17) is 5.73 Å². The van der Waals surface area contributed by atoms with Gasteiger partial charge in [0.25, 0.3) is 0 Å². The van der Waals surface area contributed by atoms with Crippen LogP contribution in [0.4, 0.5) is 0 Å². The fourth-order valence-electron chi connectivity index (χ4n) is 2.84. The van der Waals surface area contributed by atoms with Crippen molar-refractivity contribution in [2.24, 2.45) is 5.73 Å². The molecule has 2 aromatic carbocycles. The highest BCUT2D eigenvalue weighted by Crippen LogP contribution is 2.35. The molecule has 0 saturated heterocycles. The largest absolute Gasteiger partial charge is 0.324 e. The van der Waals surface area contributed by atoms with Crippen molar-refractivity contribution in [3.63, 3.8) is 0 Å². The molecule has 0 bridgehead atoms. The van der Waals surface area contributed by atoms with Gasteiger partial charge in [0.1, 0.15) is 0 Å². The molecule has 1 aliphatic carbocycles. The molecule has 0 heterocycles. The minimum Gasteiger partial charge on any atom is -0.324 e. The lowest BCUT2D eigenvalue weighted by atomic mass is 10.1. The molecule has 0 aromatic heterocycles. The van der Waals surface area contributed by atoms with Crippen LogP contribution >= 0.6 is 11.8 Å². The van der Waals surface area contributed by atoms with E-state index in [2.05, 4.69) is 49.4 Å². The molecule has 1 nitrogen and oxygen atoms in total. The molecule has 104 valence electrons. The Hall–Kier alpha value is -1.25. The fourth-order valence-corrected chi connectivity index (χ4v) is 3.91. The first kappa shape index (κ1) is 13.7. The number of hydrogen-bond acceptors (Lipinski definition) is 2. The van der Waals surface area contributed by atoms with Crippen LogP contribution < -0.4 is 5.73 Å². The molecule has 2 heteroatoms. The molecular formula is C18H21NS. The van der Waals surface area contributed by atoms with Gasteiger partial charge in [0.05, 0.1) is 0 Å². The summed E-state index contributed by atoms with van der Waals surface area (Å²) in [6, 6.07) is 15.6. The lowest BCUT2D eigenvalue weighted by Gasteiger charge is -2.14. The summed E-state index contributed by atoms with van der Waals surface area (Å²) < 4.78 is 0. The zero-order chi connectivity index (χ0) is 13.9. The van der Waals surface area contributed by atoms with E-state index in [1.165, 1.54) is 45.7 Å². The minimum absolute atomic E-state index is 0.133. The number of benzene rings is 2. The highest BCUT2D eigenvalue weighted by Gasteiger charge is 2.13. The number of hydrogen-bond donors (Lipinski definition) is 1. The Morgan fingerprint density at radius 2 is 1.90 bits per heavy atom. The Labute approximate surface area is 125 Å². The highest BCUT2D eigenvalue weighted by atomic mass is 32.2. The standard InChI is InChI=1S/C18H21NS/c1-2-17(19)16-8-3-4-9-18(16)20-15-11-10-13-6-5-7-14(13)12-15/h3-4,8-12,17H,2,5-7,19H2,1H3/t17-/m0/s1. The average molecular weight is 283 g/mol. The molecule has 3 rings (SSSR count). The maximum absolute atomic E-state index is 6.23. The Bertz CT molecular complexity index is 606. The fraction of sp³-hybridized carbons (Fsp3) is 0.333. The van der Waals surface area contributed by atoms with Gasteiger partial charge in [0.15, 0.2) is 0 Å². The van der Waals surface area contributed by atoms with E-state index in [-0.39, 0.29) is 6.04 Å². The zero-order valence-corrected chi connectivity index (χ0v) is 12.7. The second-order valence-corrected chi connectivity index (χ2v) is 6.55. The number of nitrogens with two attached hydrogens (primary N) is 1. The molecule has 0 saturated carbocycles. The molecule has 0 unspecified atom stereocenters. The van der Waals surface area contributed by atoms with Crippen molar-refractivity contribution < 1.29 is 0 Å².